The summed E-state index contributed by atoms with van der Waals surface area (Å²) >= 11 is 0. The van der Waals surface area contributed by atoms with Crippen LogP contribution in [0.15, 0.2) is 18.3 Å². The number of methoxy groups -OCH3 is 1. The van der Waals surface area contributed by atoms with Gasteiger partial charge in [0.15, 0.2) is 0 Å². The number of aromatic nitrogens is 1. The van der Waals surface area contributed by atoms with Crippen LogP contribution in [0, 0.1) is 5.41 Å². The first kappa shape index (κ1) is 14.9. The minimum Gasteiger partial charge on any atom is -0.481 e. The van der Waals surface area contributed by atoms with E-state index < -0.39 is 23.3 Å². The molecule has 0 unspecified atom stereocenters. The summed E-state index contributed by atoms with van der Waals surface area (Å²) in [6.45, 7) is 5.25. The zero-order valence-corrected chi connectivity index (χ0v) is 11.4. The van der Waals surface area contributed by atoms with Crippen molar-refractivity contribution in [1.29, 1.82) is 0 Å². The number of carbonyl (C=O) groups excluding carboxylic acids is 1. The van der Waals surface area contributed by atoms with Crippen LogP contribution in [0.5, 0.6) is 5.88 Å². The first-order valence-corrected chi connectivity index (χ1v) is 5.79. The van der Waals surface area contributed by atoms with E-state index in [0.29, 0.717) is 5.88 Å². The van der Waals surface area contributed by atoms with Gasteiger partial charge in [-0.15, -0.1) is 0 Å². The summed E-state index contributed by atoms with van der Waals surface area (Å²) in [4.78, 5) is 27.0. The lowest BCUT2D eigenvalue weighted by Crippen LogP contribution is -2.49. The molecule has 1 aromatic heterocycles. The number of nitrogens with zero attached hydrogens (tertiary/aromatic N) is 1. The Balaban J connectivity index is 2.85. The Morgan fingerprint density at radius 3 is 2.37 bits per heavy atom. The maximum atomic E-state index is 12.0. The first-order valence-electron chi connectivity index (χ1n) is 5.79. The van der Waals surface area contributed by atoms with Crippen LogP contribution < -0.4 is 10.1 Å². The summed E-state index contributed by atoms with van der Waals surface area (Å²) in [6, 6.07) is 2.10. The Morgan fingerprint density at radius 1 is 1.37 bits per heavy atom. The average molecular weight is 266 g/mol. The standard InChI is InChI=1S/C13H18N2O4/c1-13(2,3)10(12(17)18)15-11(16)8-5-6-9(19-4)14-7-8/h5-7,10H,1-4H3,(H,15,16)(H,17,18)/t10-/m1/s1. The van der Waals surface area contributed by atoms with Crippen LogP contribution in [0.3, 0.4) is 0 Å². The van der Waals surface area contributed by atoms with Crippen molar-refractivity contribution in [2.45, 2.75) is 26.8 Å². The van der Waals surface area contributed by atoms with E-state index >= 15 is 0 Å². The van der Waals surface area contributed by atoms with Crippen molar-refractivity contribution in [3.63, 3.8) is 0 Å². The number of hydrogen-bond acceptors (Lipinski definition) is 4. The second kappa shape index (κ2) is 5.69. The van der Waals surface area contributed by atoms with Gasteiger partial charge in [0.2, 0.25) is 5.88 Å². The molecule has 1 rings (SSSR count). The fourth-order valence-corrected chi connectivity index (χ4v) is 1.50. The molecule has 6 heteroatoms. The lowest BCUT2D eigenvalue weighted by Gasteiger charge is -2.27. The van der Waals surface area contributed by atoms with Crippen LogP contribution in [0.25, 0.3) is 0 Å². The number of aliphatic carboxylic acids is 1. The van der Waals surface area contributed by atoms with E-state index in [0.717, 1.165) is 0 Å². The van der Waals surface area contributed by atoms with Gasteiger partial charge < -0.3 is 15.2 Å². The highest BCUT2D eigenvalue weighted by Gasteiger charge is 2.32. The number of pyridine rings is 1. The summed E-state index contributed by atoms with van der Waals surface area (Å²) in [7, 11) is 1.47. The van der Waals surface area contributed by atoms with Crippen molar-refractivity contribution in [3.8, 4) is 5.88 Å². The van der Waals surface area contributed by atoms with E-state index in [2.05, 4.69) is 10.3 Å². The SMILES string of the molecule is COc1ccc(C(=O)N[C@H](C(=O)O)C(C)(C)C)cn1. The van der Waals surface area contributed by atoms with Gasteiger partial charge in [-0.05, 0) is 11.5 Å². The second-order valence-electron chi connectivity index (χ2n) is 5.20. The third kappa shape index (κ3) is 3.94. The van der Waals surface area contributed by atoms with Gasteiger partial charge in [-0.3, -0.25) is 4.79 Å². The molecule has 0 aromatic carbocycles. The maximum absolute atomic E-state index is 12.0. The molecule has 1 heterocycles. The highest BCUT2D eigenvalue weighted by Crippen LogP contribution is 2.20. The van der Waals surface area contributed by atoms with Crippen LogP contribution >= 0.6 is 0 Å². The molecular formula is C13H18N2O4. The molecule has 2 N–H and O–H groups in total. The molecule has 19 heavy (non-hydrogen) atoms. The van der Waals surface area contributed by atoms with Gasteiger partial charge in [-0.2, -0.15) is 0 Å². The number of amides is 1. The number of ether oxygens (including phenoxy) is 1. The highest BCUT2D eigenvalue weighted by atomic mass is 16.5. The second-order valence-corrected chi connectivity index (χ2v) is 5.20. The molecule has 1 atom stereocenters. The Hall–Kier alpha value is -2.11. The Labute approximate surface area is 111 Å². The number of rotatable bonds is 4. The van der Waals surface area contributed by atoms with Crippen LogP contribution in [-0.2, 0) is 4.79 Å². The number of carbonyl (C=O) groups is 2. The molecule has 0 aliphatic rings. The highest BCUT2D eigenvalue weighted by molar-refractivity contribution is 5.96. The van der Waals surface area contributed by atoms with Crippen molar-refractivity contribution in [3.05, 3.63) is 23.9 Å². The molecule has 0 saturated carbocycles. The molecule has 6 nitrogen and oxygen atoms in total. The largest absolute Gasteiger partial charge is 0.481 e. The van der Waals surface area contributed by atoms with E-state index in [-0.39, 0.29) is 5.56 Å². The van der Waals surface area contributed by atoms with Gasteiger partial charge in [0.05, 0.1) is 12.7 Å². The topological polar surface area (TPSA) is 88.5 Å². The smallest absolute Gasteiger partial charge is 0.326 e. The lowest BCUT2D eigenvalue weighted by atomic mass is 9.86. The normalized spacial score (nSPS) is 12.6. The van der Waals surface area contributed by atoms with E-state index in [1.807, 2.05) is 0 Å². The molecular weight excluding hydrogens is 248 g/mol. The third-order valence-corrected chi connectivity index (χ3v) is 2.60. The van der Waals surface area contributed by atoms with Crippen LogP contribution in [0.2, 0.25) is 0 Å². The van der Waals surface area contributed by atoms with Gasteiger partial charge in [0.1, 0.15) is 6.04 Å². The van der Waals surface area contributed by atoms with Crippen molar-refractivity contribution in [1.82, 2.24) is 10.3 Å². The maximum Gasteiger partial charge on any atom is 0.326 e. The van der Waals surface area contributed by atoms with Crippen molar-refractivity contribution >= 4 is 11.9 Å². The summed E-state index contributed by atoms with van der Waals surface area (Å²) in [5, 5.41) is 11.6. The van der Waals surface area contributed by atoms with E-state index in [4.69, 9.17) is 9.84 Å². The van der Waals surface area contributed by atoms with E-state index in [1.54, 1.807) is 26.8 Å². The number of nitrogens with one attached hydrogen (secondary N) is 1. The number of hydrogen-bond donors (Lipinski definition) is 2. The summed E-state index contributed by atoms with van der Waals surface area (Å²) in [5.41, 5.74) is -0.294. The number of carboxylic acids is 1. The summed E-state index contributed by atoms with van der Waals surface area (Å²) in [5.74, 6) is -1.15. The van der Waals surface area contributed by atoms with Crippen LogP contribution in [-0.4, -0.2) is 35.1 Å². The molecule has 0 spiro atoms. The van der Waals surface area contributed by atoms with Gasteiger partial charge in [0.25, 0.3) is 5.91 Å². The molecule has 1 amide bonds. The molecule has 0 radical (unpaired) electrons. The summed E-state index contributed by atoms with van der Waals surface area (Å²) in [6.07, 6.45) is 1.34. The summed E-state index contributed by atoms with van der Waals surface area (Å²) < 4.78 is 4.89. The van der Waals surface area contributed by atoms with Gasteiger partial charge in [-0.1, -0.05) is 20.8 Å². The Kier molecular flexibility index (Phi) is 4.47. The molecule has 0 aliphatic carbocycles. The monoisotopic (exact) mass is 266 g/mol. The van der Waals surface area contributed by atoms with Gasteiger partial charge in [-0.25, -0.2) is 9.78 Å². The minimum absolute atomic E-state index is 0.288. The molecule has 0 fully saturated rings. The predicted octanol–water partition coefficient (Wildman–Crippen LogP) is 1.32. The number of carboxylic acid groups (broad SMARTS) is 1. The van der Waals surface area contributed by atoms with Gasteiger partial charge >= 0.3 is 5.97 Å². The minimum atomic E-state index is -1.07. The third-order valence-electron chi connectivity index (χ3n) is 2.60. The molecule has 104 valence electrons. The zero-order valence-electron chi connectivity index (χ0n) is 11.4. The van der Waals surface area contributed by atoms with Crippen molar-refractivity contribution < 1.29 is 19.4 Å². The van der Waals surface area contributed by atoms with E-state index in [1.165, 1.54) is 19.4 Å². The fourth-order valence-electron chi connectivity index (χ4n) is 1.50. The fraction of sp³-hybridized carbons (Fsp3) is 0.462. The van der Waals surface area contributed by atoms with E-state index in [9.17, 15) is 9.59 Å². The van der Waals surface area contributed by atoms with Crippen LogP contribution in [0.4, 0.5) is 0 Å². The molecule has 0 bridgehead atoms. The van der Waals surface area contributed by atoms with Crippen LogP contribution in [0.1, 0.15) is 31.1 Å². The molecule has 0 saturated heterocycles. The average Bonchev–Trinajstić information content (AvgIpc) is 2.34. The van der Waals surface area contributed by atoms with Crippen molar-refractivity contribution in [2.75, 3.05) is 7.11 Å². The quantitative estimate of drug-likeness (QED) is 0.858. The predicted molar refractivity (Wildman–Crippen MR) is 69.1 cm³/mol. The molecule has 1 aromatic rings. The Bertz CT molecular complexity index is 463. The first-order chi connectivity index (χ1) is 8.75. The zero-order chi connectivity index (χ0) is 14.6. The Morgan fingerprint density at radius 2 is 2.00 bits per heavy atom. The van der Waals surface area contributed by atoms with Gasteiger partial charge in [0, 0.05) is 12.3 Å². The van der Waals surface area contributed by atoms with Crippen molar-refractivity contribution in [2.24, 2.45) is 5.41 Å². The molecule has 0 aliphatic heterocycles. The lowest BCUT2D eigenvalue weighted by molar-refractivity contribution is -0.142.